The van der Waals surface area contributed by atoms with Gasteiger partial charge in [-0.05, 0) is 17.7 Å². The molecule has 0 radical (unpaired) electrons. The van der Waals surface area contributed by atoms with Gasteiger partial charge < -0.3 is 10.0 Å². The van der Waals surface area contributed by atoms with E-state index < -0.39 is 0 Å². The van der Waals surface area contributed by atoms with E-state index in [1.54, 1.807) is 12.4 Å². The minimum atomic E-state index is -0.0321. The van der Waals surface area contributed by atoms with E-state index in [0.717, 1.165) is 16.6 Å². The fourth-order valence-corrected chi connectivity index (χ4v) is 2.05. The Kier molecular flexibility index (Phi) is 4.28. The molecule has 0 aliphatic heterocycles. The molecule has 0 atom stereocenters. The zero-order valence-corrected chi connectivity index (χ0v) is 11.6. The summed E-state index contributed by atoms with van der Waals surface area (Å²) < 4.78 is 1.06. The molecule has 2 rings (SSSR count). The van der Waals surface area contributed by atoms with Crippen LogP contribution in [0.2, 0.25) is 0 Å². The monoisotopic (exact) mass is 307 g/mol. The highest BCUT2D eigenvalue weighted by Crippen LogP contribution is 2.15. The molecule has 0 aliphatic carbocycles. The van der Waals surface area contributed by atoms with Crippen molar-refractivity contribution in [1.82, 2.24) is 9.97 Å². The summed E-state index contributed by atoms with van der Waals surface area (Å²) in [5.74, 6) is 0.646. The van der Waals surface area contributed by atoms with Crippen molar-refractivity contribution < 1.29 is 5.11 Å². The average Bonchev–Trinajstić information content (AvgIpc) is 2.39. The minimum absolute atomic E-state index is 0.0321. The van der Waals surface area contributed by atoms with Crippen LogP contribution in [-0.4, -0.2) is 22.1 Å². The van der Waals surface area contributed by atoms with Crippen molar-refractivity contribution in [3.05, 3.63) is 52.3 Å². The van der Waals surface area contributed by atoms with Gasteiger partial charge in [0.1, 0.15) is 0 Å². The Bertz CT molecular complexity index is 516. The molecule has 2 aromatic rings. The second-order valence-corrected chi connectivity index (χ2v) is 4.95. The van der Waals surface area contributed by atoms with Gasteiger partial charge in [-0.15, -0.1) is 0 Å². The lowest BCUT2D eigenvalue weighted by Gasteiger charge is -2.17. The van der Waals surface area contributed by atoms with Gasteiger partial charge in [-0.2, -0.15) is 0 Å². The van der Waals surface area contributed by atoms with Crippen LogP contribution in [0.3, 0.4) is 0 Å². The van der Waals surface area contributed by atoms with E-state index >= 15 is 0 Å². The number of nitrogens with zero attached hydrogens (tertiary/aromatic N) is 3. The zero-order chi connectivity index (χ0) is 13.0. The van der Waals surface area contributed by atoms with Crippen LogP contribution in [0, 0.1) is 0 Å². The van der Waals surface area contributed by atoms with Gasteiger partial charge in [-0.25, -0.2) is 9.97 Å². The summed E-state index contributed by atoms with van der Waals surface area (Å²) in [5, 5.41) is 8.93. The van der Waals surface area contributed by atoms with Crippen molar-refractivity contribution in [1.29, 1.82) is 0 Å². The standard InChI is InChI=1S/C13H14BrN3O/c1-17(8-10-3-2-4-12(14)5-10)13-15-6-11(9-18)7-16-13/h2-7,18H,8-9H2,1H3. The molecule has 0 unspecified atom stereocenters. The predicted octanol–water partition coefficient (Wildman–Crippen LogP) is 2.37. The number of hydrogen-bond acceptors (Lipinski definition) is 4. The summed E-state index contributed by atoms with van der Waals surface area (Å²) >= 11 is 3.45. The minimum Gasteiger partial charge on any atom is -0.392 e. The van der Waals surface area contributed by atoms with Gasteiger partial charge in [0.2, 0.25) is 5.95 Å². The first-order chi connectivity index (χ1) is 8.69. The summed E-state index contributed by atoms with van der Waals surface area (Å²) in [5.41, 5.74) is 1.90. The molecule has 18 heavy (non-hydrogen) atoms. The maximum Gasteiger partial charge on any atom is 0.225 e. The molecule has 4 nitrogen and oxygen atoms in total. The van der Waals surface area contributed by atoms with E-state index in [2.05, 4.69) is 38.0 Å². The molecule has 1 aromatic heterocycles. The average molecular weight is 308 g/mol. The van der Waals surface area contributed by atoms with E-state index in [4.69, 9.17) is 5.11 Å². The van der Waals surface area contributed by atoms with Crippen molar-refractivity contribution in [3.8, 4) is 0 Å². The van der Waals surface area contributed by atoms with Crippen molar-refractivity contribution >= 4 is 21.9 Å². The Balaban J connectivity index is 2.09. The molecule has 5 heteroatoms. The molecule has 0 bridgehead atoms. The van der Waals surface area contributed by atoms with Gasteiger partial charge in [0, 0.05) is 36.0 Å². The van der Waals surface area contributed by atoms with E-state index in [9.17, 15) is 0 Å². The van der Waals surface area contributed by atoms with Crippen molar-refractivity contribution in [2.24, 2.45) is 0 Å². The quantitative estimate of drug-likeness (QED) is 0.942. The highest BCUT2D eigenvalue weighted by Gasteiger charge is 2.05. The Morgan fingerprint density at radius 1 is 1.22 bits per heavy atom. The molecule has 1 heterocycles. The van der Waals surface area contributed by atoms with Crippen molar-refractivity contribution in [2.45, 2.75) is 13.2 Å². The maximum atomic E-state index is 8.93. The van der Waals surface area contributed by atoms with Crippen LogP contribution in [0.1, 0.15) is 11.1 Å². The van der Waals surface area contributed by atoms with Crippen LogP contribution in [0.4, 0.5) is 5.95 Å². The van der Waals surface area contributed by atoms with Gasteiger partial charge >= 0.3 is 0 Å². The summed E-state index contributed by atoms with van der Waals surface area (Å²) in [6.45, 7) is 0.702. The fourth-order valence-electron chi connectivity index (χ4n) is 1.61. The first-order valence-corrected chi connectivity index (χ1v) is 6.35. The summed E-state index contributed by atoms with van der Waals surface area (Å²) in [6, 6.07) is 8.13. The van der Waals surface area contributed by atoms with Gasteiger partial charge in [0.25, 0.3) is 0 Å². The summed E-state index contributed by atoms with van der Waals surface area (Å²) in [4.78, 5) is 10.4. The van der Waals surface area contributed by atoms with Gasteiger partial charge in [0.15, 0.2) is 0 Å². The Labute approximate surface area is 114 Å². The first-order valence-electron chi connectivity index (χ1n) is 5.56. The molecule has 0 fully saturated rings. The summed E-state index contributed by atoms with van der Waals surface area (Å²) in [6.07, 6.45) is 3.28. The summed E-state index contributed by atoms with van der Waals surface area (Å²) in [7, 11) is 1.94. The van der Waals surface area contributed by atoms with E-state index in [1.807, 2.05) is 24.1 Å². The molecule has 0 amide bonds. The van der Waals surface area contributed by atoms with Crippen molar-refractivity contribution in [3.63, 3.8) is 0 Å². The number of aliphatic hydroxyl groups is 1. The normalized spacial score (nSPS) is 10.4. The molecule has 1 aromatic carbocycles. The number of anilines is 1. The van der Waals surface area contributed by atoms with E-state index in [-0.39, 0.29) is 6.61 Å². The second kappa shape index (κ2) is 5.93. The lowest BCUT2D eigenvalue weighted by atomic mass is 10.2. The molecule has 1 N–H and O–H groups in total. The zero-order valence-electron chi connectivity index (χ0n) is 10.0. The molecular formula is C13H14BrN3O. The number of benzene rings is 1. The van der Waals surface area contributed by atoms with Crippen LogP contribution in [0.15, 0.2) is 41.1 Å². The molecule has 0 spiro atoms. The number of aromatic nitrogens is 2. The number of halogens is 1. The predicted molar refractivity (Wildman–Crippen MR) is 74.2 cm³/mol. The highest BCUT2D eigenvalue weighted by molar-refractivity contribution is 9.10. The largest absolute Gasteiger partial charge is 0.392 e. The molecule has 0 saturated carbocycles. The molecule has 0 saturated heterocycles. The van der Waals surface area contributed by atoms with E-state index in [0.29, 0.717) is 5.95 Å². The lowest BCUT2D eigenvalue weighted by molar-refractivity contribution is 0.281. The smallest absolute Gasteiger partial charge is 0.225 e. The lowest BCUT2D eigenvalue weighted by Crippen LogP contribution is -2.19. The number of rotatable bonds is 4. The second-order valence-electron chi connectivity index (χ2n) is 4.04. The van der Waals surface area contributed by atoms with Crippen molar-refractivity contribution in [2.75, 3.05) is 11.9 Å². The van der Waals surface area contributed by atoms with Crippen LogP contribution in [0.5, 0.6) is 0 Å². The molecule has 94 valence electrons. The Morgan fingerprint density at radius 2 is 1.94 bits per heavy atom. The molecular weight excluding hydrogens is 294 g/mol. The fraction of sp³-hybridized carbons (Fsp3) is 0.231. The van der Waals surface area contributed by atoms with Gasteiger partial charge in [-0.1, -0.05) is 28.1 Å². The SMILES string of the molecule is CN(Cc1cccc(Br)c1)c1ncc(CO)cn1. The third-order valence-electron chi connectivity index (χ3n) is 2.52. The van der Waals surface area contributed by atoms with Crippen LogP contribution < -0.4 is 4.90 Å². The Morgan fingerprint density at radius 3 is 2.56 bits per heavy atom. The number of hydrogen-bond donors (Lipinski definition) is 1. The maximum absolute atomic E-state index is 8.93. The Hall–Kier alpha value is -1.46. The third-order valence-corrected chi connectivity index (χ3v) is 3.02. The highest BCUT2D eigenvalue weighted by atomic mass is 79.9. The van der Waals surface area contributed by atoms with Gasteiger partial charge in [-0.3, -0.25) is 0 Å². The third kappa shape index (κ3) is 3.27. The van der Waals surface area contributed by atoms with Gasteiger partial charge in [0.05, 0.1) is 6.61 Å². The van der Waals surface area contributed by atoms with Crippen LogP contribution >= 0.6 is 15.9 Å². The topological polar surface area (TPSA) is 49.2 Å². The molecule has 0 aliphatic rings. The number of aliphatic hydroxyl groups excluding tert-OH is 1. The van der Waals surface area contributed by atoms with Crippen LogP contribution in [0.25, 0.3) is 0 Å². The van der Waals surface area contributed by atoms with Crippen LogP contribution in [-0.2, 0) is 13.2 Å². The van der Waals surface area contributed by atoms with E-state index in [1.165, 1.54) is 5.56 Å². The first kappa shape index (κ1) is 13.0.